The predicted octanol–water partition coefficient (Wildman–Crippen LogP) is 2.13. The minimum Gasteiger partial charge on any atom is -0.496 e. The van der Waals surface area contributed by atoms with Gasteiger partial charge in [0.1, 0.15) is 5.76 Å². The molecule has 3 nitrogen and oxygen atoms in total. The first kappa shape index (κ1) is 9.45. The number of ether oxygens (including phenoxy) is 1. The van der Waals surface area contributed by atoms with Gasteiger partial charge in [0.2, 0.25) is 0 Å². The molecular formula is C8H10BrNO2+. The summed E-state index contributed by atoms with van der Waals surface area (Å²) in [6.07, 6.45) is 2.63. The summed E-state index contributed by atoms with van der Waals surface area (Å²) in [6, 6.07) is 0. The summed E-state index contributed by atoms with van der Waals surface area (Å²) in [6.45, 7) is 3.65. The molecule has 1 aliphatic rings. The van der Waals surface area contributed by atoms with E-state index in [1.165, 1.54) is 0 Å². The van der Waals surface area contributed by atoms with E-state index in [-0.39, 0.29) is 4.95 Å². The van der Waals surface area contributed by atoms with E-state index in [2.05, 4.69) is 22.1 Å². The first-order valence-corrected chi connectivity index (χ1v) is 4.45. The van der Waals surface area contributed by atoms with Gasteiger partial charge < -0.3 is 4.74 Å². The first-order valence-electron chi connectivity index (χ1n) is 3.53. The number of methoxy groups -OCH3 is 1. The fourth-order valence-corrected chi connectivity index (χ4v) is 1.48. The maximum atomic E-state index is 11.1. The van der Waals surface area contributed by atoms with Crippen molar-refractivity contribution in [3.8, 4) is 0 Å². The number of halogens is 1. The molecule has 0 bridgehead atoms. The Morgan fingerprint density at radius 3 is 2.67 bits per heavy atom. The van der Waals surface area contributed by atoms with Crippen molar-refractivity contribution in [2.45, 2.75) is 18.8 Å². The monoisotopic (exact) mass is 231 g/mol. The van der Waals surface area contributed by atoms with Crippen molar-refractivity contribution >= 4 is 15.9 Å². The Bertz CT molecular complexity index is 281. The Morgan fingerprint density at radius 2 is 2.17 bits per heavy atom. The third-order valence-corrected chi connectivity index (χ3v) is 2.80. The summed E-state index contributed by atoms with van der Waals surface area (Å²) < 4.78 is 5.86. The normalized spacial score (nSPS) is 24.2. The van der Waals surface area contributed by atoms with Gasteiger partial charge in [-0.2, -0.15) is 0 Å². The molecule has 1 aliphatic heterocycles. The second-order valence-electron chi connectivity index (χ2n) is 2.61. The molecule has 1 rings (SSSR count). The number of alkyl halides is 1. The van der Waals surface area contributed by atoms with Crippen molar-refractivity contribution in [3.63, 3.8) is 0 Å². The highest BCUT2D eigenvalue weighted by Crippen LogP contribution is 2.26. The van der Waals surface area contributed by atoms with E-state index in [0.29, 0.717) is 0 Å². The molecule has 0 aromatic rings. The van der Waals surface area contributed by atoms with Crippen LogP contribution < -0.4 is 0 Å². The van der Waals surface area contributed by atoms with Crippen molar-refractivity contribution in [1.82, 2.24) is 0 Å². The average molecular weight is 232 g/mol. The Labute approximate surface area is 79.8 Å². The van der Waals surface area contributed by atoms with Crippen LogP contribution in [0, 0.1) is 11.1 Å². The molecule has 0 amide bonds. The summed E-state index contributed by atoms with van der Waals surface area (Å²) >= 11 is 3.23. The molecule has 0 aliphatic carbocycles. The lowest BCUT2D eigenvalue weighted by Gasteiger charge is -2.12. The zero-order valence-electron chi connectivity index (χ0n) is 7.22. The van der Waals surface area contributed by atoms with Crippen molar-refractivity contribution in [2.75, 3.05) is 7.11 Å². The van der Waals surface area contributed by atoms with E-state index in [1.807, 2.05) is 6.92 Å². The molecule has 0 saturated carbocycles. The highest BCUT2D eigenvalue weighted by atomic mass is 79.9. The molecule has 0 N–H and O–H groups in total. The van der Waals surface area contributed by atoms with Crippen molar-refractivity contribution < 1.29 is 9.50 Å². The number of nitrogens with zero attached hydrogens (tertiary/aromatic N) is 1. The predicted molar refractivity (Wildman–Crippen MR) is 48.5 cm³/mol. The summed E-state index contributed by atoms with van der Waals surface area (Å²) in [7, 11) is 1.59. The van der Waals surface area contributed by atoms with Crippen LogP contribution >= 0.6 is 15.9 Å². The molecule has 1 atom stereocenters. The minimum atomic E-state index is -0.351. The molecule has 4 heteroatoms. The van der Waals surface area contributed by atoms with Gasteiger partial charge in [-0.15, -0.1) is 0 Å². The van der Waals surface area contributed by atoms with Gasteiger partial charge in [0, 0.05) is 20.8 Å². The van der Waals surface area contributed by atoms with Gasteiger partial charge in [0.15, 0.2) is 0 Å². The molecule has 0 aromatic carbocycles. The van der Waals surface area contributed by atoms with Crippen LogP contribution in [0.1, 0.15) is 13.8 Å². The summed E-state index contributed by atoms with van der Waals surface area (Å²) in [5.74, 6) is 0.740. The SMILES string of the molecule is COC1=C(C)C(Br)[N+](=O)[C]=C1C. The molecule has 0 aromatic heterocycles. The van der Waals surface area contributed by atoms with E-state index in [0.717, 1.165) is 21.7 Å². The lowest BCUT2D eigenvalue weighted by atomic mass is 10.1. The van der Waals surface area contributed by atoms with Crippen LogP contribution in [-0.2, 0) is 4.74 Å². The van der Waals surface area contributed by atoms with E-state index in [9.17, 15) is 4.91 Å². The zero-order chi connectivity index (χ0) is 9.30. The maximum Gasteiger partial charge on any atom is 0.340 e. The summed E-state index contributed by atoms with van der Waals surface area (Å²) in [5, 5.41) is 0. The molecular weight excluding hydrogens is 222 g/mol. The highest BCUT2D eigenvalue weighted by Gasteiger charge is 2.32. The molecule has 1 radical (unpaired) electrons. The molecule has 12 heavy (non-hydrogen) atoms. The Balaban J connectivity index is 3.11. The largest absolute Gasteiger partial charge is 0.496 e. The topological polar surface area (TPSA) is 29.3 Å². The first-order chi connectivity index (χ1) is 5.57. The average Bonchev–Trinajstić information content (AvgIpc) is 2.01. The van der Waals surface area contributed by atoms with Crippen LogP contribution in [0.2, 0.25) is 0 Å². The van der Waals surface area contributed by atoms with Crippen molar-refractivity contribution in [2.24, 2.45) is 0 Å². The van der Waals surface area contributed by atoms with Crippen LogP contribution in [-0.4, -0.2) is 16.8 Å². The second-order valence-corrected chi connectivity index (χ2v) is 3.48. The van der Waals surface area contributed by atoms with Gasteiger partial charge in [0.25, 0.3) is 4.95 Å². The number of hydrogen-bond donors (Lipinski definition) is 0. The molecule has 1 heterocycles. The van der Waals surface area contributed by atoms with Gasteiger partial charge in [-0.1, -0.05) is 0 Å². The van der Waals surface area contributed by atoms with E-state index >= 15 is 0 Å². The maximum absolute atomic E-state index is 11.1. The fourth-order valence-electron chi connectivity index (χ4n) is 1.17. The molecule has 0 saturated heterocycles. The number of hydrogen-bond acceptors (Lipinski definition) is 2. The van der Waals surface area contributed by atoms with Gasteiger partial charge in [-0.3, -0.25) is 0 Å². The number of allylic oxidation sites excluding steroid dienone is 1. The second kappa shape index (κ2) is 3.39. The van der Waals surface area contributed by atoms with Crippen LogP contribution in [0.3, 0.4) is 0 Å². The third-order valence-electron chi connectivity index (χ3n) is 1.74. The van der Waals surface area contributed by atoms with E-state index in [4.69, 9.17) is 4.74 Å². The van der Waals surface area contributed by atoms with Gasteiger partial charge in [-0.25, -0.2) is 0 Å². The Morgan fingerprint density at radius 1 is 1.58 bits per heavy atom. The van der Waals surface area contributed by atoms with Crippen molar-refractivity contribution in [1.29, 1.82) is 0 Å². The van der Waals surface area contributed by atoms with Crippen LogP contribution in [0.4, 0.5) is 0 Å². The quantitative estimate of drug-likeness (QED) is 0.393. The van der Waals surface area contributed by atoms with Gasteiger partial charge in [0.05, 0.1) is 23.0 Å². The zero-order valence-corrected chi connectivity index (χ0v) is 8.81. The van der Waals surface area contributed by atoms with Crippen LogP contribution in [0.5, 0.6) is 0 Å². The third kappa shape index (κ3) is 1.43. The molecule has 1 unspecified atom stereocenters. The van der Waals surface area contributed by atoms with Crippen molar-refractivity contribution in [3.05, 3.63) is 28.0 Å². The van der Waals surface area contributed by atoms with Gasteiger partial charge >= 0.3 is 6.20 Å². The van der Waals surface area contributed by atoms with Crippen LogP contribution in [0.15, 0.2) is 16.9 Å². The number of rotatable bonds is 1. The minimum absolute atomic E-state index is 0.351. The smallest absolute Gasteiger partial charge is 0.340 e. The van der Waals surface area contributed by atoms with Gasteiger partial charge in [-0.05, 0) is 13.8 Å². The fraction of sp³-hybridized carbons (Fsp3) is 0.500. The number of nitroso groups, excluding NO2 is 1. The Hall–Kier alpha value is -0.640. The highest BCUT2D eigenvalue weighted by molar-refractivity contribution is 9.09. The molecule has 0 spiro atoms. The lowest BCUT2D eigenvalue weighted by molar-refractivity contribution is -0.501. The lowest BCUT2D eigenvalue weighted by Crippen LogP contribution is -2.21. The molecule has 65 valence electrons. The van der Waals surface area contributed by atoms with E-state index in [1.54, 1.807) is 14.0 Å². The van der Waals surface area contributed by atoms with E-state index < -0.39 is 0 Å². The summed E-state index contributed by atoms with van der Waals surface area (Å²) in [4.78, 5) is 10.8. The Kier molecular flexibility index (Phi) is 2.67. The molecule has 0 fully saturated rings. The van der Waals surface area contributed by atoms with Crippen LogP contribution in [0.25, 0.3) is 0 Å². The summed E-state index contributed by atoms with van der Waals surface area (Å²) in [5.41, 5.74) is 1.62. The standard InChI is InChI=1S/C8H10BrNO2/c1-5-4-10(11)8(9)6(2)7(5)12-3/h8H,1-3H3/q+1.